The number of quaternary nitrogens is 1. The highest BCUT2D eigenvalue weighted by atomic mass is 31.2. The van der Waals surface area contributed by atoms with Crippen molar-refractivity contribution in [2.45, 2.75) is 135 Å². The quantitative estimate of drug-likeness (QED) is 0.0445. The Balaban J connectivity index is 4.46. The van der Waals surface area contributed by atoms with Crippen LogP contribution in [0.3, 0.4) is 0 Å². The Labute approximate surface area is 246 Å². The number of hydrogen-bond acceptors (Lipinski definition) is 7. The largest absolute Gasteiger partial charge is 0.756 e. The van der Waals surface area contributed by atoms with Crippen molar-refractivity contribution in [3.05, 3.63) is 12.2 Å². The van der Waals surface area contributed by atoms with Crippen molar-refractivity contribution in [3.8, 4) is 0 Å². The van der Waals surface area contributed by atoms with Crippen molar-refractivity contribution in [1.82, 2.24) is 0 Å². The van der Waals surface area contributed by atoms with Crippen molar-refractivity contribution in [2.75, 3.05) is 47.5 Å². The Hall–Kier alpha value is -0.600. The number of aliphatic hydroxyl groups is 1. The van der Waals surface area contributed by atoms with Crippen molar-refractivity contribution in [1.29, 1.82) is 0 Å². The molecule has 9 heteroatoms. The Bertz CT molecular complexity index is 681. The van der Waals surface area contributed by atoms with E-state index in [0.29, 0.717) is 24.1 Å². The van der Waals surface area contributed by atoms with Gasteiger partial charge in [-0.3, -0.25) is 9.36 Å². The highest BCUT2D eigenvalue weighted by Gasteiger charge is 2.32. The predicted octanol–water partition coefficient (Wildman–Crippen LogP) is 6.74. The third-order valence-corrected chi connectivity index (χ3v) is 7.87. The van der Waals surface area contributed by atoms with Crippen LogP contribution >= 0.6 is 7.82 Å². The predicted molar refractivity (Wildman–Crippen MR) is 162 cm³/mol. The van der Waals surface area contributed by atoms with Crippen LogP contribution in [0.2, 0.25) is 0 Å². The van der Waals surface area contributed by atoms with Gasteiger partial charge in [0.25, 0.3) is 7.82 Å². The fourth-order valence-electron chi connectivity index (χ4n) is 4.29. The number of carbonyl (C=O) groups excluding carboxylic acids is 1. The number of phosphoric acid groups is 1. The van der Waals surface area contributed by atoms with E-state index >= 15 is 0 Å². The van der Waals surface area contributed by atoms with Gasteiger partial charge in [0.1, 0.15) is 25.4 Å². The van der Waals surface area contributed by atoms with Gasteiger partial charge in [0, 0.05) is 13.0 Å². The molecule has 0 radical (unpaired) electrons. The smallest absolute Gasteiger partial charge is 0.268 e. The molecule has 1 N–H and O–H groups in total. The van der Waals surface area contributed by atoms with Gasteiger partial charge in [0.2, 0.25) is 0 Å². The van der Waals surface area contributed by atoms with Crippen molar-refractivity contribution in [2.24, 2.45) is 0 Å². The molecule has 40 heavy (non-hydrogen) atoms. The molecule has 0 fully saturated rings. The maximum atomic E-state index is 13.0. The van der Waals surface area contributed by atoms with Gasteiger partial charge < -0.3 is 28.3 Å². The lowest BCUT2D eigenvalue weighted by Gasteiger charge is -2.32. The van der Waals surface area contributed by atoms with E-state index in [4.69, 9.17) is 13.8 Å². The van der Waals surface area contributed by atoms with Gasteiger partial charge in [-0.15, -0.1) is 0 Å². The summed E-state index contributed by atoms with van der Waals surface area (Å²) in [4.78, 5) is 25.4. The first-order valence-corrected chi connectivity index (χ1v) is 17.4. The third-order valence-electron chi connectivity index (χ3n) is 6.84. The van der Waals surface area contributed by atoms with E-state index < -0.39 is 26.6 Å². The SMILES string of the molecule is CCCCCCCC/C=C\CCCCCCCC(=O)C(OCCCCC)[C@H](CO)OP(=O)([O-])OCC[N+](C)(C)C. The molecule has 0 spiro atoms. The van der Waals surface area contributed by atoms with Crippen LogP contribution in [0.5, 0.6) is 0 Å². The number of nitrogens with zero attached hydrogens (tertiary/aromatic N) is 1. The second kappa shape index (κ2) is 24.9. The number of carbonyl (C=O) groups is 1. The lowest BCUT2D eigenvalue weighted by molar-refractivity contribution is -0.870. The number of unbranched alkanes of at least 4 members (excludes halogenated alkanes) is 13. The number of hydrogen-bond donors (Lipinski definition) is 1. The van der Waals surface area contributed by atoms with E-state index in [9.17, 15) is 19.4 Å². The van der Waals surface area contributed by atoms with Crippen LogP contribution in [0.4, 0.5) is 0 Å². The van der Waals surface area contributed by atoms with Gasteiger partial charge in [-0.1, -0.05) is 90.2 Å². The maximum absolute atomic E-state index is 13.0. The van der Waals surface area contributed by atoms with E-state index in [1.807, 2.05) is 21.1 Å². The minimum Gasteiger partial charge on any atom is -0.756 e. The lowest BCUT2D eigenvalue weighted by Crippen LogP contribution is -2.42. The average Bonchev–Trinajstić information content (AvgIpc) is 2.88. The second-order valence-electron chi connectivity index (χ2n) is 11.9. The zero-order chi connectivity index (χ0) is 30.1. The van der Waals surface area contributed by atoms with E-state index in [2.05, 4.69) is 26.0 Å². The Morgan fingerprint density at radius 2 is 1.35 bits per heavy atom. The minimum atomic E-state index is -4.71. The van der Waals surface area contributed by atoms with Crippen LogP contribution in [-0.4, -0.2) is 75.1 Å². The molecule has 0 bridgehead atoms. The summed E-state index contributed by atoms with van der Waals surface area (Å²) in [5.74, 6) is -0.237. The lowest BCUT2D eigenvalue weighted by atomic mass is 10.0. The van der Waals surface area contributed by atoms with Crippen LogP contribution in [0, 0.1) is 0 Å². The molecule has 0 aliphatic rings. The number of Topliss-reactive ketones (excluding diaryl/α,β-unsaturated/α-hetero) is 1. The van der Waals surface area contributed by atoms with Gasteiger partial charge in [-0.05, 0) is 38.5 Å². The van der Waals surface area contributed by atoms with Crippen LogP contribution in [0.15, 0.2) is 12.2 Å². The molecule has 0 heterocycles. The summed E-state index contributed by atoms with van der Waals surface area (Å²) in [5.41, 5.74) is 0. The number of likely N-dealkylation sites (N-methyl/N-ethyl adjacent to an activating group) is 1. The molecule has 0 amide bonds. The first-order chi connectivity index (χ1) is 19.1. The molecule has 8 nitrogen and oxygen atoms in total. The fraction of sp³-hybridized carbons (Fsp3) is 0.903. The molecule has 0 aromatic rings. The molecule has 0 rings (SSSR count). The van der Waals surface area contributed by atoms with E-state index in [1.165, 1.54) is 44.9 Å². The minimum absolute atomic E-state index is 0.0483. The first kappa shape index (κ1) is 39.4. The van der Waals surface area contributed by atoms with Crippen LogP contribution in [0.25, 0.3) is 0 Å². The van der Waals surface area contributed by atoms with Crippen molar-refractivity contribution in [3.63, 3.8) is 0 Å². The fourth-order valence-corrected chi connectivity index (χ4v) is 5.16. The summed E-state index contributed by atoms with van der Waals surface area (Å²) >= 11 is 0. The van der Waals surface area contributed by atoms with Gasteiger partial charge in [0.15, 0.2) is 5.78 Å². The summed E-state index contributed by atoms with van der Waals surface area (Å²) in [5, 5.41) is 9.89. The number of phosphoric ester groups is 1. The molecule has 2 unspecified atom stereocenters. The van der Waals surface area contributed by atoms with Gasteiger partial charge in [-0.2, -0.15) is 0 Å². The molecule has 0 aromatic carbocycles. The van der Waals surface area contributed by atoms with Gasteiger partial charge in [0.05, 0.1) is 27.7 Å². The summed E-state index contributed by atoms with van der Waals surface area (Å²) in [6.45, 7) is 4.38. The number of aliphatic hydroxyl groups excluding tert-OH is 1. The average molecular weight is 592 g/mol. The zero-order valence-electron chi connectivity index (χ0n) is 26.4. The van der Waals surface area contributed by atoms with E-state index in [-0.39, 0.29) is 18.8 Å². The Morgan fingerprint density at radius 3 is 1.90 bits per heavy atom. The van der Waals surface area contributed by atoms with E-state index in [0.717, 1.165) is 51.4 Å². The van der Waals surface area contributed by atoms with Crippen LogP contribution in [-0.2, 0) is 23.1 Å². The van der Waals surface area contributed by atoms with Crippen LogP contribution in [0.1, 0.15) is 123 Å². The second-order valence-corrected chi connectivity index (χ2v) is 13.3. The zero-order valence-corrected chi connectivity index (χ0v) is 27.3. The van der Waals surface area contributed by atoms with Crippen molar-refractivity contribution < 1.29 is 37.6 Å². The molecule has 0 aromatic heterocycles. The summed E-state index contributed by atoms with van der Waals surface area (Å²) in [6.07, 6.45) is 20.3. The van der Waals surface area contributed by atoms with Gasteiger partial charge >= 0.3 is 0 Å². The number of allylic oxidation sites excluding steroid dienone is 2. The number of ketones is 1. The van der Waals surface area contributed by atoms with E-state index in [1.54, 1.807) is 0 Å². The molecule has 3 atom stereocenters. The summed E-state index contributed by atoms with van der Waals surface area (Å²) in [6, 6.07) is 0. The van der Waals surface area contributed by atoms with Crippen LogP contribution < -0.4 is 4.89 Å². The monoisotopic (exact) mass is 591 g/mol. The molecular formula is C31H62NO7P. The molecule has 238 valence electrons. The maximum Gasteiger partial charge on any atom is 0.268 e. The highest BCUT2D eigenvalue weighted by molar-refractivity contribution is 7.45. The number of ether oxygens (including phenoxy) is 1. The Morgan fingerprint density at radius 1 is 0.825 bits per heavy atom. The topological polar surface area (TPSA) is 105 Å². The first-order valence-electron chi connectivity index (χ1n) is 15.9. The molecule has 0 aliphatic carbocycles. The van der Waals surface area contributed by atoms with Gasteiger partial charge in [-0.25, -0.2) is 0 Å². The normalized spacial score (nSPS) is 15.4. The molecule has 0 saturated heterocycles. The third kappa shape index (κ3) is 24.0. The summed E-state index contributed by atoms with van der Waals surface area (Å²) in [7, 11) is 1.05. The molecule has 0 saturated carbocycles. The molecular weight excluding hydrogens is 529 g/mol. The highest BCUT2D eigenvalue weighted by Crippen LogP contribution is 2.40. The molecule has 0 aliphatic heterocycles. The standard InChI is InChI=1S/C31H62NO7P/c1-6-8-10-11-12-13-14-15-16-17-18-19-20-21-22-24-29(34)31(37-26-23-9-7-2)30(28-33)39-40(35,36)38-27-25-32(3,4)5/h15-16,30-31,33H,6-14,17-28H2,1-5H3/b16-15-/t30-,31?/m0/s1. The Kier molecular flexibility index (Phi) is 24.6. The number of rotatable bonds is 29. The van der Waals surface area contributed by atoms with Crippen molar-refractivity contribution >= 4 is 13.6 Å². The summed E-state index contributed by atoms with van der Waals surface area (Å²) < 4.78 is 28.8.